The molecule has 0 aliphatic heterocycles. The Morgan fingerprint density at radius 1 is 1.39 bits per heavy atom. The fourth-order valence-electron chi connectivity index (χ4n) is 1.61. The highest BCUT2D eigenvalue weighted by molar-refractivity contribution is 8.01. The summed E-state index contributed by atoms with van der Waals surface area (Å²) in [7, 11) is 0. The van der Waals surface area contributed by atoms with Gasteiger partial charge < -0.3 is 5.32 Å². The van der Waals surface area contributed by atoms with Crippen molar-refractivity contribution in [1.82, 2.24) is 10.3 Å². The van der Waals surface area contributed by atoms with Gasteiger partial charge in [-0.05, 0) is 24.1 Å². The van der Waals surface area contributed by atoms with Crippen LogP contribution < -0.4 is 5.32 Å². The smallest absolute Gasteiger partial charge is 0.154 e. The van der Waals surface area contributed by atoms with Gasteiger partial charge in [-0.1, -0.05) is 37.7 Å². The first-order chi connectivity index (χ1) is 8.65. The van der Waals surface area contributed by atoms with E-state index >= 15 is 0 Å². The molecule has 0 spiro atoms. The molecule has 0 unspecified atom stereocenters. The highest BCUT2D eigenvalue weighted by atomic mass is 32.2. The molecule has 0 fully saturated rings. The zero-order valence-electron chi connectivity index (χ0n) is 10.9. The second kappa shape index (κ2) is 6.36. The van der Waals surface area contributed by atoms with Crippen LogP contribution in [0.4, 0.5) is 0 Å². The Labute approximate surface area is 117 Å². The standard InChI is InChI=1S/C14H18N2S2/c1-10(2)16-9-12-4-5-13(11(3)8-12)18-14-15-6-7-17-14/h4-8,10,16H,9H2,1-3H3. The Morgan fingerprint density at radius 3 is 2.83 bits per heavy atom. The first-order valence-corrected chi connectivity index (χ1v) is 7.75. The van der Waals surface area contributed by atoms with E-state index in [0.717, 1.165) is 10.9 Å². The molecule has 0 radical (unpaired) electrons. The monoisotopic (exact) mass is 278 g/mol. The normalized spacial score (nSPS) is 11.1. The lowest BCUT2D eigenvalue weighted by Crippen LogP contribution is -2.21. The van der Waals surface area contributed by atoms with Crippen molar-refractivity contribution < 1.29 is 0 Å². The van der Waals surface area contributed by atoms with Crippen LogP contribution in [0.25, 0.3) is 0 Å². The maximum absolute atomic E-state index is 4.30. The first kappa shape index (κ1) is 13.6. The summed E-state index contributed by atoms with van der Waals surface area (Å²) < 4.78 is 1.10. The molecule has 1 heterocycles. The number of hydrogen-bond donors (Lipinski definition) is 1. The van der Waals surface area contributed by atoms with E-state index in [0.29, 0.717) is 6.04 Å². The predicted octanol–water partition coefficient (Wildman–Crippen LogP) is 4.10. The number of aryl methyl sites for hydroxylation is 1. The summed E-state index contributed by atoms with van der Waals surface area (Å²) in [5.74, 6) is 0. The summed E-state index contributed by atoms with van der Waals surface area (Å²) in [5, 5.41) is 5.45. The van der Waals surface area contributed by atoms with Crippen LogP contribution in [-0.4, -0.2) is 11.0 Å². The number of nitrogens with one attached hydrogen (secondary N) is 1. The van der Waals surface area contributed by atoms with E-state index in [9.17, 15) is 0 Å². The van der Waals surface area contributed by atoms with Crippen LogP contribution in [0.5, 0.6) is 0 Å². The fraction of sp³-hybridized carbons (Fsp3) is 0.357. The largest absolute Gasteiger partial charge is 0.310 e. The van der Waals surface area contributed by atoms with E-state index in [-0.39, 0.29) is 0 Å². The van der Waals surface area contributed by atoms with E-state index in [1.165, 1.54) is 16.0 Å². The lowest BCUT2D eigenvalue weighted by Gasteiger charge is -2.10. The number of benzene rings is 1. The lowest BCUT2D eigenvalue weighted by molar-refractivity contribution is 0.588. The van der Waals surface area contributed by atoms with Crippen LogP contribution in [0.3, 0.4) is 0 Å². The molecule has 18 heavy (non-hydrogen) atoms. The molecule has 2 nitrogen and oxygen atoms in total. The molecule has 2 rings (SSSR count). The third-order valence-electron chi connectivity index (χ3n) is 2.56. The zero-order valence-corrected chi connectivity index (χ0v) is 12.6. The molecule has 1 aromatic carbocycles. The van der Waals surface area contributed by atoms with Crippen LogP contribution in [0, 0.1) is 6.92 Å². The molecule has 96 valence electrons. The summed E-state index contributed by atoms with van der Waals surface area (Å²) >= 11 is 3.43. The van der Waals surface area contributed by atoms with Crippen molar-refractivity contribution in [2.45, 2.75) is 42.6 Å². The summed E-state index contributed by atoms with van der Waals surface area (Å²) in [5.41, 5.74) is 2.66. The Morgan fingerprint density at radius 2 is 2.22 bits per heavy atom. The molecule has 0 saturated carbocycles. The molecule has 0 saturated heterocycles. The number of rotatable bonds is 5. The zero-order chi connectivity index (χ0) is 13.0. The summed E-state index contributed by atoms with van der Waals surface area (Å²) in [6.07, 6.45) is 1.85. The van der Waals surface area contributed by atoms with Crippen LogP contribution in [0.15, 0.2) is 39.0 Å². The van der Waals surface area contributed by atoms with Crippen molar-refractivity contribution in [3.63, 3.8) is 0 Å². The molecule has 0 aliphatic carbocycles. The van der Waals surface area contributed by atoms with Crippen LogP contribution in [-0.2, 0) is 6.54 Å². The van der Waals surface area contributed by atoms with Crippen molar-refractivity contribution in [3.8, 4) is 0 Å². The summed E-state index contributed by atoms with van der Waals surface area (Å²) in [6.45, 7) is 7.43. The van der Waals surface area contributed by atoms with Crippen molar-refractivity contribution in [1.29, 1.82) is 0 Å². The Bertz CT molecular complexity index is 493. The summed E-state index contributed by atoms with van der Waals surface area (Å²) in [4.78, 5) is 5.59. The van der Waals surface area contributed by atoms with Gasteiger partial charge in [0.15, 0.2) is 4.34 Å². The molecule has 1 aromatic heterocycles. The number of aromatic nitrogens is 1. The van der Waals surface area contributed by atoms with Gasteiger partial charge >= 0.3 is 0 Å². The second-order valence-corrected chi connectivity index (χ2v) is 6.72. The van der Waals surface area contributed by atoms with Crippen molar-refractivity contribution in [2.24, 2.45) is 0 Å². The van der Waals surface area contributed by atoms with Gasteiger partial charge in [-0.2, -0.15) is 0 Å². The maximum atomic E-state index is 4.30. The van der Waals surface area contributed by atoms with Crippen LogP contribution >= 0.6 is 23.1 Å². The third-order valence-corrected chi connectivity index (χ3v) is 4.62. The molecule has 0 amide bonds. The highest BCUT2D eigenvalue weighted by Crippen LogP contribution is 2.31. The van der Waals surface area contributed by atoms with Crippen molar-refractivity contribution in [3.05, 3.63) is 40.9 Å². The molecular weight excluding hydrogens is 260 g/mol. The van der Waals surface area contributed by atoms with Gasteiger partial charge in [-0.15, -0.1) is 11.3 Å². The fourth-order valence-corrected chi connectivity index (χ4v) is 3.26. The van der Waals surface area contributed by atoms with E-state index in [4.69, 9.17) is 0 Å². The quantitative estimate of drug-likeness (QED) is 0.891. The number of nitrogens with zero attached hydrogens (tertiary/aromatic N) is 1. The van der Waals surface area contributed by atoms with Gasteiger partial charge in [0, 0.05) is 29.1 Å². The van der Waals surface area contributed by atoms with Crippen LogP contribution in [0.2, 0.25) is 0 Å². The molecule has 2 aromatic rings. The van der Waals surface area contributed by atoms with E-state index < -0.39 is 0 Å². The summed E-state index contributed by atoms with van der Waals surface area (Å²) in [6, 6.07) is 7.16. The molecule has 4 heteroatoms. The molecule has 0 aliphatic rings. The topological polar surface area (TPSA) is 24.9 Å². The SMILES string of the molecule is Cc1cc(CNC(C)C)ccc1Sc1nccs1. The molecule has 1 N–H and O–H groups in total. The number of thiazole rings is 1. The minimum atomic E-state index is 0.523. The predicted molar refractivity (Wildman–Crippen MR) is 79.4 cm³/mol. The Hall–Kier alpha value is -0.840. The van der Waals surface area contributed by atoms with Gasteiger partial charge in [0.05, 0.1) is 0 Å². The molecule has 0 atom stereocenters. The van der Waals surface area contributed by atoms with E-state index in [1.807, 2.05) is 11.6 Å². The minimum Gasteiger partial charge on any atom is -0.310 e. The minimum absolute atomic E-state index is 0.523. The van der Waals surface area contributed by atoms with Crippen molar-refractivity contribution >= 4 is 23.1 Å². The van der Waals surface area contributed by atoms with Gasteiger partial charge in [-0.25, -0.2) is 4.98 Å². The van der Waals surface area contributed by atoms with Gasteiger partial charge in [0.2, 0.25) is 0 Å². The molecular formula is C14H18N2S2. The Balaban J connectivity index is 2.05. The lowest BCUT2D eigenvalue weighted by atomic mass is 10.1. The maximum Gasteiger partial charge on any atom is 0.154 e. The molecule has 0 bridgehead atoms. The Kier molecular flexibility index (Phi) is 4.80. The number of hydrogen-bond acceptors (Lipinski definition) is 4. The van der Waals surface area contributed by atoms with Crippen LogP contribution in [0.1, 0.15) is 25.0 Å². The van der Waals surface area contributed by atoms with E-state index in [2.05, 4.69) is 49.3 Å². The van der Waals surface area contributed by atoms with Crippen molar-refractivity contribution in [2.75, 3.05) is 0 Å². The average Bonchev–Trinajstić information content (AvgIpc) is 2.82. The van der Waals surface area contributed by atoms with Gasteiger partial charge in [0.1, 0.15) is 0 Å². The second-order valence-electron chi connectivity index (χ2n) is 4.54. The third kappa shape index (κ3) is 3.83. The van der Waals surface area contributed by atoms with Gasteiger partial charge in [-0.3, -0.25) is 0 Å². The van der Waals surface area contributed by atoms with E-state index in [1.54, 1.807) is 23.1 Å². The van der Waals surface area contributed by atoms with Gasteiger partial charge in [0.25, 0.3) is 0 Å². The first-order valence-electron chi connectivity index (χ1n) is 6.05. The highest BCUT2D eigenvalue weighted by Gasteiger charge is 2.04. The average molecular weight is 278 g/mol.